The van der Waals surface area contributed by atoms with E-state index in [-0.39, 0.29) is 12.4 Å². The van der Waals surface area contributed by atoms with Gasteiger partial charge in [-0.05, 0) is 45.2 Å². The molecule has 0 spiro atoms. The molecule has 0 saturated carbocycles. The first-order valence-corrected chi connectivity index (χ1v) is 15.1. The van der Waals surface area contributed by atoms with E-state index in [1.807, 2.05) is 0 Å². The van der Waals surface area contributed by atoms with Crippen molar-refractivity contribution in [3.8, 4) is 5.75 Å². The van der Waals surface area contributed by atoms with Crippen molar-refractivity contribution in [2.45, 2.75) is 69.5 Å². The number of aliphatic hydroxyl groups is 2. The minimum absolute atomic E-state index is 0.213. The molecule has 0 aliphatic carbocycles. The second-order valence-corrected chi connectivity index (χ2v) is 12.0. The Balaban J connectivity index is 1.43. The smallest absolute Gasteiger partial charge is 0.459 e. The zero-order valence-electron chi connectivity index (χ0n) is 22.9. The maximum atomic E-state index is 13.9. The van der Waals surface area contributed by atoms with Crippen molar-refractivity contribution in [1.82, 2.24) is 24.7 Å². The number of nitrogens with zero attached hydrogens (tertiary/aromatic N) is 4. The maximum absolute atomic E-state index is 13.9. The van der Waals surface area contributed by atoms with E-state index in [0.29, 0.717) is 30.1 Å². The van der Waals surface area contributed by atoms with E-state index in [9.17, 15) is 19.6 Å². The molecule has 4 N–H and O–H groups in total. The number of aromatic nitrogens is 4. The number of para-hydroxylation sites is 1. The van der Waals surface area contributed by atoms with Crippen LogP contribution in [0.3, 0.4) is 0 Å². The number of hydrogen-bond donors (Lipinski definition) is 4. The van der Waals surface area contributed by atoms with Crippen molar-refractivity contribution in [2.75, 3.05) is 25.1 Å². The number of carbonyl (C=O) groups excluding carboxylic acids is 1. The third-order valence-electron chi connectivity index (χ3n) is 7.08. The van der Waals surface area contributed by atoms with Crippen LogP contribution in [0.4, 0.5) is 5.82 Å². The van der Waals surface area contributed by atoms with E-state index in [4.69, 9.17) is 18.5 Å². The number of aliphatic hydroxyl groups excluding tert-OH is 1. The van der Waals surface area contributed by atoms with Crippen LogP contribution < -0.4 is 14.9 Å². The highest BCUT2D eigenvalue weighted by molar-refractivity contribution is 7.52. The molecule has 2 aliphatic heterocycles. The molecule has 6 atom stereocenters. The number of carbonyl (C=O) groups is 1. The molecular weight excluding hydrogens is 555 g/mol. The van der Waals surface area contributed by atoms with Crippen LogP contribution in [0.5, 0.6) is 5.75 Å². The van der Waals surface area contributed by atoms with E-state index < -0.39 is 50.3 Å². The Kier molecular flexibility index (Phi) is 8.88. The summed E-state index contributed by atoms with van der Waals surface area (Å²) in [6.07, 6.45) is 2.52. The van der Waals surface area contributed by atoms with Gasteiger partial charge in [0, 0.05) is 6.54 Å². The molecule has 1 unspecified atom stereocenters. The summed E-state index contributed by atoms with van der Waals surface area (Å²) in [7, 11) is -4.21. The maximum Gasteiger partial charge on any atom is 0.459 e. The number of cyclic esters (lactones) is 1. The van der Waals surface area contributed by atoms with Gasteiger partial charge in [0.2, 0.25) is 0 Å². The first-order valence-electron chi connectivity index (χ1n) is 13.6. The highest BCUT2D eigenvalue weighted by atomic mass is 31.2. The van der Waals surface area contributed by atoms with E-state index in [1.165, 1.54) is 30.9 Å². The molecule has 222 valence electrons. The standard InChI is InChI=1S/C26H35N6O8P/c1-17-25(34)37-13-9-4-3-8-12-27-23-24-28-14-19(32(24)30-16-29-23)22-26(2,35)21(33)20(39-22)15-38-41(36,31-17)40-18-10-6-5-7-11-18/h5-7,10-11,14,16-17,20-22,33,35H,3-4,8-9,12-13,15H2,1-2H3,(H,31,36)(H,27,29,30)/t17-,20-,21-,22+,26-,41?/m1/s1. The molecule has 3 aromatic rings. The molecule has 2 aliphatic rings. The lowest BCUT2D eigenvalue weighted by atomic mass is 9.91. The van der Waals surface area contributed by atoms with Gasteiger partial charge in [-0.25, -0.2) is 19.0 Å². The lowest BCUT2D eigenvalue weighted by Crippen LogP contribution is -2.43. The number of benzene rings is 1. The first kappa shape index (κ1) is 29.4. The summed E-state index contributed by atoms with van der Waals surface area (Å²) in [5.41, 5.74) is -0.956. The molecule has 14 nitrogen and oxygen atoms in total. The number of fused-ring (bicyclic) bond motifs is 3. The van der Waals surface area contributed by atoms with Crippen LogP contribution in [0.25, 0.3) is 5.65 Å². The molecule has 0 radical (unpaired) electrons. The fraction of sp³-hybridized carbons (Fsp3) is 0.538. The number of ether oxygens (including phenoxy) is 2. The summed E-state index contributed by atoms with van der Waals surface area (Å²) >= 11 is 0. The van der Waals surface area contributed by atoms with Crippen molar-refractivity contribution in [3.63, 3.8) is 0 Å². The van der Waals surface area contributed by atoms with Gasteiger partial charge in [-0.1, -0.05) is 24.6 Å². The van der Waals surface area contributed by atoms with Gasteiger partial charge >= 0.3 is 13.7 Å². The summed E-state index contributed by atoms with van der Waals surface area (Å²) in [6.45, 7) is 3.34. The average molecular weight is 591 g/mol. The SMILES string of the molecule is C[C@H]1NP(=O)(Oc2ccccc2)OC[C@H]2O[C@@H](c3cnc4c(ncnn34)NCCCCCCOC1=O)[C@](C)(O)[C@@H]2O. The molecule has 6 bridgehead atoms. The van der Waals surface area contributed by atoms with Crippen molar-refractivity contribution in [2.24, 2.45) is 0 Å². The van der Waals surface area contributed by atoms with Crippen LogP contribution in [-0.2, 0) is 23.4 Å². The van der Waals surface area contributed by atoms with Gasteiger partial charge in [0.1, 0.15) is 42.0 Å². The Hall–Kier alpha value is -3.13. The molecule has 1 saturated heterocycles. The average Bonchev–Trinajstić information content (AvgIpc) is 3.47. The highest BCUT2D eigenvalue weighted by Gasteiger charge is 2.54. The van der Waals surface area contributed by atoms with E-state index >= 15 is 0 Å². The van der Waals surface area contributed by atoms with Crippen LogP contribution in [-0.4, -0.2) is 79.4 Å². The lowest BCUT2D eigenvalue weighted by molar-refractivity contribution is -0.145. The summed E-state index contributed by atoms with van der Waals surface area (Å²) < 4.78 is 38.2. The number of hydrogen-bond acceptors (Lipinski definition) is 12. The second kappa shape index (κ2) is 12.4. The van der Waals surface area contributed by atoms with Gasteiger partial charge in [-0.3, -0.25) is 9.32 Å². The molecule has 4 heterocycles. The normalized spacial score (nSPS) is 32.1. The van der Waals surface area contributed by atoms with Crippen LogP contribution in [0, 0.1) is 0 Å². The summed E-state index contributed by atoms with van der Waals surface area (Å²) in [5, 5.41) is 32.5. The molecule has 41 heavy (non-hydrogen) atoms. The molecule has 15 heteroatoms. The predicted molar refractivity (Wildman–Crippen MR) is 146 cm³/mol. The third kappa shape index (κ3) is 6.53. The van der Waals surface area contributed by atoms with Crippen LogP contribution >= 0.6 is 7.75 Å². The zero-order valence-corrected chi connectivity index (χ0v) is 23.8. The van der Waals surface area contributed by atoms with Crippen LogP contribution in [0.15, 0.2) is 42.9 Å². The Bertz CT molecular complexity index is 1390. The van der Waals surface area contributed by atoms with Gasteiger partial charge in [0.05, 0.1) is 25.1 Å². The Morgan fingerprint density at radius 3 is 2.76 bits per heavy atom. The monoisotopic (exact) mass is 590 g/mol. The van der Waals surface area contributed by atoms with Gasteiger partial charge < -0.3 is 29.5 Å². The fourth-order valence-corrected chi connectivity index (χ4v) is 6.31. The highest BCUT2D eigenvalue weighted by Crippen LogP contribution is 2.47. The predicted octanol–water partition coefficient (Wildman–Crippen LogP) is 2.39. The van der Waals surface area contributed by atoms with Crippen molar-refractivity contribution in [3.05, 3.63) is 48.5 Å². The topological polar surface area (TPSA) is 179 Å². The van der Waals surface area contributed by atoms with Crippen LogP contribution in [0.2, 0.25) is 0 Å². The van der Waals surface area contributed by atoms with E-state index in [2.05, 4.69) is 25.5 Å². The molecule has 0 amide bonds. The largest absolute Gasteiger partial charge is 0.465 e. The summed E-state index contributed by atoms with van der Waals surface area (Å²) in [4.78, 5) is 21.4. The Morgan fingerprint density at radius 1 is 1.17 bits per heavy atom. The minimum atomic E-state index is -4.21. The van der Waals surface area contributed by atoms with Gasteiger partial charge in [-0.2, -0.15) is 10.2 Å². The quantitative estimate of drug-likeness (QED) is 0.253. The zero-order chi connectivity index (χ0) is 29.0. The van der Waals surface area contributed by atoms with Crippen molar-refractivity contribution in [1.29, 1.82) is 0 Å². The van der Waals surface area contributed by atoms with Crippen molar-refractivity contribution >= 4 is 25.2 Å². The van der Waals surface area contributed by atoms with E-state index in [1.54, 1.807) is 30.3 Å². The third-order valence-corrected chi connectivity index (χ3v) is 8.73. The molecular formula is C26H35N6O8P. The summed E-state index contributed by atoms with van der Waals surface area (Å²) in [6, 6.07) is 7.30. The van der Waals surface area contributed by atoms with Gasteiger partial charge in [0.25, 0.3) is 0 Å². The lowest BCUT2D eigenvalue weighted by Gasteiger charge is -2.26. The van der Waals surface area contributed by atoms with Gasteiger partial charge in [-0.15, -0.1) is 0 Å². The van der Waals surface area contributed by atoms with Crippen molar-refractivity contribution < 1.29 is 38.1 Å². The number of imidazole rings is 1. The second-order valence-electron chi connectivity index (χ2n) is 10.3. The number of esters is 1. The Morgan fingerprint density at radius 2 is 1.95 bits per heavy atom. The Labute approximate surface area is 237 Å². The molecule has 2 aromatic heterocycles. The summed E-state index contributed by atoms with van der Waals surface area (Å²) in [5.74, 6) is 0.145. The minimum Gasteiger partial charge on any atom is -0.465 e. The number of rotatable bonds is 2. The number of anilines is 1. The number of nitrogens with one attached hydrogen (secondary N) is 2. The molecule has 1 aromatic carbocycles. The van der Waals surface area contributed by atoms with Gasteiger partial charge in [0.15, 0.2) is 11.5 Å². The van der Waals surface area contributed by atoms with E-state index in [0.717, 1.165) is 19.3 Å². The molecule has 1 fully saturated rings. The first-order chi connectivity index (χ1) is 19.7. The fourth-order valence-electron chi connectivity index (χ4n) is 4.81. The van der Waals surface area contributed by atoms with Crippen LogP contribution in [0.1, 0.15) is 51.3 Å². The molecule has 5 rings (SSSR count).